The second-order valence-electron chi connectivity index (χ2n) is 4.48. The molecular weight excluding hydrogens is 311 g/mol. The monoisotopic (exact) mass is 322 g/mol. The molecule has 104 valence electrons. The van der Waals surface area contributed by atoms with Crippen LogP contribution in [-0.4, -0.2) is 37.4 Å². The van der Waals surface area contributed by atoms with Gasteiger partial charge in [0.2, 0.25) is 0 Å². The molecule has 1 amide bonds. The fourth-order valence-electron chi connectivity index (χ4n) is 1.97. The van der Waals surface area contributed by atoms with E-state index in [1.807, 2.05) is 0 Å². The lowest BCUT2D eigenvalue weighted by molar-refractivity contribution is 0.0948. The number of nitrogens with zero attached hydrogens (tertiary/aromatic N) is 1. The first kappa shape index (κ1) is 14.6. The quantitative estimate of drug-likeness (QED) is 0.857. The third-order valence-corrected chi connectivity index (χ3v) is 5.13. The first-order chi connectivity index (χ1) is 8.85. The van der Waals surface area contributed by atoms with Gasteiger partial charge < -0.3 is 5.32 Å². The molecule has 5 nitrogen and oxygen atoms in total. The Kier molecular flexibility index (Phi) is 4.32. The molecule has 0 aromatic carbocycles. The fourth-order valence-corrected chi connectivity index (χ4v) is 4.29. The van der Waals surface area contributed by atoms with Crippen molar-refractivity contribution in [1.82, 2.24) is 10.3 Å². The summed E-state index contributed by atoms with van der Waals surface area (Å²) in [5.41, 5.74) is 0.311. The molecule has 1 unspecified atom stereocenters. The van der Waals surface area contributed by atoms with Gasteiger partial charge in [-0.05, 0) is 24.5 Å². The van der Waals surface area contributed by atoms with Crippen LogP contribution in [0.5, 0.6) is 0 Å². The van der Waals surface area contributed by atoms with E-state index in [1.54, 1.807) is 0 Å². The number of pyridine rings is 1. The second-order valence-corrected chi connectivity index (χ2v) is 7.48. The molecule has 0 saturated carbocycles. The minimum absolute atomic E-state index is 0.0262. The number of carbonyl (C=O) groups excluding carboxylic acids is 1. The lowest BCUT2D eigenvalue weighted by Crippen LogP contribution is -2.29. The van der Waals surface area contributed by atoms with Crippen molar-refractivity contribution in [2.45, 2.75) is 6.42 Å². The smallest absolute Gasteiger partial charge is 0.251 e. The molecule has 1 aliphatic rings. The normalized spacial score (nSPS) is 21.3. The standard InChI is InChI=1S/C11H12Cl2N2O3S/c12-9-3-8(4-10(13)15-9)11(16)14-5-7-1-2-19(17,18)6-7/h3-4,7H,1-2,5-6H2,(H,14,16). The third-order valence-electron chi connectivity index (χ3n) is 2.90. The summed E-state index contributed by atoms with van der Waals surface area (Å²) in [6, 6.07) is 2.82. The largest absolute Gasteiger partial charge is 0.352 e. The fraction of sp³-hybridized carbons (Fsp3) is 0.455. The first-order valence-electron chi connectivity index (χ1n) is 5.67. The molecule has 8 heteroatoms. The summed E-state index contributed by atoms with van der Waals surface area (Å²) in [6.07, 6.45) is 0.584. The molecule has 1 aromatic rings. The first-order valence-corrected chi connectivity index (χ1v) is 8.25. The van der Waals surface area contributed by atoms with E-state index in [9.17, 15) is 13.2 Å². The molecule has 19 heavy (non-hydrogen) atoms. The van der Waals surface area contributed by atoms with Crippen LogP contribution in [0.4, 0.5) is 0 Å². The number of halogens is 2. The van der Waals surface area contributed by atoms with Crippen molar-refractivity contribution in [3.8, 4) is 0 Å². The lowest BCUT2D eigenvalue weighted by atomic mass is 10.1. The van der Waals surface area contributed by atoms with Gasteiger partial charge in [0.15, 0.2) is 9.84 Å². The van der Waals surface area contributed by atoms with Crippen molar-refractivity contribution in [3.05, 3.63) is 28.0 Å². The molecule has 0 bridgehead atoms. The highest BCUT2D eigenvalue weighted by Gasteiger charge is 2.28. The van der Waals surface area contributed by atoms with E-state index in [2.05, 4.69) is 10.3 Å². The SMILES string of the molecule is O=C(NCC1CCS(=O)(=O)C1)c1cc(Cl)nc(Cl)c1. The van der Waals surface area contributed by atoms with Crippen LogP contribution in [0.2, 0.25) is 10.3 Å². The van der Waals surface area contributed by atoms with Gasteiger partial charge in [0.05, 0.1) is 11.5 Å². The average molecular weight is 323 g/mol. The summed E-state index contributed by atoms with van der Waals surface area (Å²) in [5, 5.41) is 2.96. The van der Waals surface area contributed by atoms with E-state index < -0.39 is 9.84 Å². The number of hydrogen-bond donors (Lipinski definition) is 1. The van der Waals surface area contributed by atoms with Gasteiger partial charge in [-0.2, -0.15) is 0 Å². The van der Waals surface area contributed by atoms with Crippen LogP contribution in [0.3, 0.4) is 0 Å². The topological polar surface area (TPSA) is 76.1 Å². The Morgan fingerprint density at radius 1 is 1.37 bits per heavy atom. The van der Waals surface area contributed by atoms with E-state index >= 15 is 0 Å². The highest BCUT2D eigenvalue weighted by molar-refractivity contribution is 7.91. The minimum Gasteiger partial charge on any atom is -0.352 e. The van der Waals surface area contributed by atoms with E-state index in [0.29, 0.717) is 18.5 Å². The van der Waals surface area contributed by atoms with Crippen LogP contribution >= 0.6 is 23.2 Å². The molecule has 1 N–H and O–H groups in total. The van der Waals surface area contributed by atoms with Crippen LogP contribution in [0.15, 0.2) is 12.1 Å². The summed E-state index contributed by atoms with van der Waals surface area (Å²) in [6.45, 7) is 0.329. The summed E-state index contributed by atoms with van der Waals surface area (Å²) in [4.78, 5) is 15.6. The number of sulfone groups is 1. The van der Waals surface area contributed by atoms with E-state index in [4.69, 9.17) is 23.2 Å². The highest BCUT2D eigenvalue weighted by Crippen LogP contribution is 2.18. The Hall–Kier alpha value is -0.850. The van der Waals surface area contributed by atoms with Crippen molar-refractivity contribution < 1.29 is 13.2 Å². The maximum atomic E-state index is 11.9. The minimum atomic E-state index is -2.92. The number of aromatic nitrogens is 1. The van der Waals surface area contributed by atoms with Crippen LogP contribution in [0.1, 0.15) is 16.8 Å². The number of carbonyl (C=O) groups is 1. The van der Waals surface area contributed by atoms with E-state index in [0.717, 1.165) is 0 Å². The van der Waals surface area contributed by atoms with Crippen LogP contribution < -0.4 is 5.32 Å². The van der Waals surface area contributed by atoms with E-state index in [-0.39, 0.29) is 33.6 Å². The van der Waals surface area contributed by atoms with Crippen molar-refractivity contribution in [2.75, 3.05) is 18.1 Å². The Labute approximate surface area is 121 Å². The molecule has 0 aliphatic carbocycles. The Morgan fingerprint density at radius 3 is 2.53 bits per heavy atom. The van der Waals surface area contributed by atoms with Crippen LogP contribution in [0.25, 0.3) is 0 Å². The van der Waals surface area contributed by atoms with Crippen molar-refractivity contribution in [3.63, 3.8) is 0 Å². The van der Waals surface area contributed by atoms with Gasteiger partial charge >= 0.3 is 0 Å². The molecular formula is C11H12Cl2N2O3S. The predicted octanol–water partition coefficient (Wildman–Crippen LogP) is 1.55. The van der Waals surface area contributed by atoms with Gasteiger partial charge in [-0.25, -0.2) is 13.4 Å². The zero-order chi connectivity index (χ0) is 14.0. The molecule has 2 heterocycles. The number of hydrogen-bond acceptors (Lipinski definition) is 4. The molecule has 1 atom stereocenters. The number of nitrogens with one attached hydrogen (secondary N) is 1. The summed E-state index contributed by atoms with van der Waals surface area (Å²) < 4.78 is 22.6. The highest BCUT2D eigenvalue weighted by atomic mass is 35.5. The number of amides is 1. The van der Waals surface area contributed by atoms with Gasteiger partial charge in [-0.15, -0.1) is 0 Å². The van der Waals surface area contributed by atoms with Crippen molar-refractivity contribution in [2.24, 2.45) is 5.92 Å². The molecule has 1 aromatic heterocycles. The zero-order valence-electron chi connectivity index (χ0n) is 9.90. The third kappa shape index (κ3) is 4.06. The second kappa shape index (κ2) is 5.64. The summed E-state index contributed by atoms with van der Waals surface area (Å²) in [5.74, 6) is -0.0387. The Morgan fingerprint density at radius 2 is 2.00 bits per heavy atom. The predicted molar refractivity (Wildman–Crippen MR) is 73.4 cm³/mol. The van der Waals surface area contributed by atoms with E-state index in [1.165, 1.54) is 12.1 Å². The number of rotatable bonds is 3. The average Bonchev–Trinajstić information content (AvgIpc) is 2.64. The van der Waals surface area contributed by atoms with Crippen LogP contribution in [0, 0.1) is 5.92 Å². The van der Waals surface area contributed by atoms with Gasteiger partial charge in [-0.3, -0.25) is 4.79 Å². The maximum absolute atomic E-state index is 11.9. The molecule has 2 rings (SSSR count). The van der Waals surface area contributed by atoms with Crippen LogP contribution in [-0.2, 0) is 9.84 Å². The molecule has 1 fully saturated rings. The van der Waals surface area contributed by atoms with Gasteiger partial charge in [0.25, 0.3) is 5.91 Å². The Balaban J connectivity index is 1.95. The van der Waals surface area contributed by atoms with Crippen molar-refractivity contribution in [1.29, 1.82) is 0 Å². The Bertz CT molecular complexity index is 584. The molecule has 1 aliphatic heterocycles. The summed E-state index contributed by atoms with van der Waals surface area (Å²) in [7, 11) is -2.92. The van der Waals surface area contributed by atoms with Gasteiger partial charge in [-0.1, -0.05) is 23.2 Å². The molecule has 0 spiro atoms. The lowest BCUT2D eigenvalue weighted by Gasteiger charge is -2.09. The molecule has 1 saturated heterocycles. The summed E-state index contributed by atoms with van der Waals surface area (Å²) >= 11 is 11.4. The van der Waals surface area contributed by atoms with Gasteiger partial charge in [0, 0.05) is 12.1 Å². The van der Waals surface area contributed by atoms with Crippen molar-refractivity contribution >= 4 is 38.9 Å². The maximum Gasteiger partial charge on any atom is 0.251 e. The van der Waals surface area contributed by atoms with Gasteiger partial charge in [0.1, 0.15) is 10.3 Å². The zero-order valence-corrected chi connectivity index (χ0v) is 12.2. The molecule has 0 radical (unpaired) electrons.